The zero-order valence-corrected chi connectivity index (χ0v) is 37.3. The third-order valence-corrected chi connectivity index (χ3v) is 15.0. The van der Waals surface area contributed by atoms with Gasteiger partial charge < -0.3 is 4.57 Å². The van der Waals surface area contributed by atoms with E-state index in [9.17, 15) is 0 Å². The summed E-state index contributed by atoms with van der Waals surface area (Å²) in [6.45, 7) is 6.53. The third-order valence-electron chi connectivity index (χ3n) is 15.0. The second-order valence-electron chi connectivity index (χ2n) is 18.9. The highest BCUT2D eigenvalue weighted by atomic mass is 15.0. The summed E-state index contributed by atoms with van der Waals surface area (Å²) in [5, 5.41) is 20.1. The van der Waals surface area contributed by atoms with Crippen molar-refractivity contribution in [2.24, 2.45) is 0 Å². The van der Waals surface area contributed by atoms with E-state index in [4.69, 9.17) is 4.98 Å². The van der Waals surface area contributed by atoms with Crippen LogP contribution in [0, 0.1) is 6.92 Å². The van der Waals surface area contributed by atoms with Crippen molar-refractivity contribution in [3.63, 3.8) is 0 Å². The fourth-order valence-electron chi connectivity index (χ4n) is 11.8. The maximum Gasteiger partial charge on any atom is 0.0703 e. The molecule has 2 heteroatoms. The van der Waals surface area contributed by atoms with Gasteiger partial charge in [-0.25, -0.2) is 0 Å². The van der Waals surface area contributed by atoms with Crippen LogP contribution in [0.1, 0.15) is 5.56 Å². The van der Waals surface area contributed by atoms with Crippen LogP contribution in [0.4, 0.5) is 0 Å². The van der Waals surface area contributed by atoms with Crippen LogP contribution in [0.25, 0.3) is 154 Å². The van der Waals surface area contributed by atoms with E-state index in [2.05, 4.69) is 224 Å². The molecule has 0 saturated carbocycles. The minimum Gasteiger partial charge on any atom is -0.308 e. The minimum atomic E-state index is 0.989. The Kier molecular flexibility index (Phi) is 7.61. The van der Waals surface area contributed by atoms with Crippen molar-refractivity contribution in [1.82, 2.24) is 9.55 Å². The first-order valence-electron chi connectivity index (χ1n) is 23.5. The molecule has 0 fully saturated rings. The van der Waals surface area contributed by atoms with Crippen LogP contribution >= 0.6 is 0 Å². The number of rotatable bonds is 5. The predicted molar refractivity (Wildman–Crippen MR) is 291 cm³/mol. The summed E-state index contributed by atoms with van der Waals surface area (Å²) in [6.07, 6.45) is 2.04. The fourth-order valence-corrected chi connectivity index (χ4v) is 11.8. The van der Waals surface area contributed by atoms with Crippen LogP contribution in [0.5, 0.6) is 0 Å². The number of nitrogens with zero attached hydrogens (tertiary/aromatic N) is 2. The molecule has 0 N–H and O–H groups in total. The van der Waals surface area contributed by atoms with E-state index in [0.717, 1.165) is 21.8 Å². The van der Waals surface area contributed by atoms with Gasteiger partial charge in [-0.3, -0.25) is 4.98 Å². The Morgan fingerprint density at radius 3 is 1.25 bits per heavy atom. The Balaban J connectivity index is 0.859. The zero-order chi connectivity index (χ0) is 44.8. The molecular formula is C66H40N2. The first-order valence-corrected chi connectivity index (χ1v) is 23.5. The predicted octanol–water partition coefficient (Wildman–Crippen LogP) is 17.2. The summed E-state index contributed by atoms with van der Waals surface area (Å²) in [6, 6.07) is 76.9. The van der Waals surface area contributed by atoms with Crippen LogP contribution in [-0.4, -0.2) is 9.55 Å². The number of hydrogen-bond donors (Lipinski definition) is 0. The average molecular weight is 861 g/mol. The summed E-state index contributed by atoms with van der Waals surface area (Å²) in [5.74, 6) is 0. The molecule has 0 saturated heterocycles. The molecule has 0 aliphatic heterocycles. The van der Waals surface area contributed by atoms with E-state index in [1.54, 1.807) is 0 Å². The molecule has 0 aliphatic carbocycles. The Morgan fingerprint density at radius 1 is 0.324 bits per heavy atom. The van der Waals surface area contributed by atoms with Crippen molar-refractivity contribution in [1.29, 1.82) is 0 Å². The van der Waals surface area contributed by atoms with E-state index < -0.39 is 0 Å². The molecule has 0 amide bonds. The maximum atomic E-state index is 5.00. The second-order valence-corrected chi connectivity index (χ2v) is 18.9. The monoisotopic (exact) mass is 860 g/mol. The first kappa shape index (κ1) is 37.4. The lowest BCUT2D eigenvalue weighted by Gasteiger charge is -2.13. The molecule has 0 aliphatic rings. The molecule has 2 aromatic heterocycles. The fraction of sp³-hybridized carbons (Fsp3) is 0.0152. The van der Waals surface area contributed by atoms with Gasteiger partial charge in [0.1, 0.15) is 0 Å². The molecule has 15 rings (SSSR count). The van der Waals surface area contributed by atoms with Crippen LogP contribution in [0.3, 0.4) is 0 Å². The van der Waals surface area contributed by atoms with Crippen LogP contribution in [0.15, 0.2) is 212 Å². The SMILES string of the molecule is C=c1ccc2cc(-c3ccc(-c4cc5ccc6cc(-c7ccc(-c8cc9ccc%10cccc%11ccc(c8)c9c%10%11)cc7)cc7c6c5c(c4)n7-c4cnc5ccccc5c4)cc3)cc3ccc(C)c1c32. The lowest BCUT2D eigenvalue weighted by molar-refractivity contribution is 1.16. The van der Waals surface area contributed by atoms with Gasteiger partial charge in [-0.05, 0) is 188 Å². The van der Waals surface area contributed by atoms with Crippen molar-refractivity contribution >= 4 is 104 Å². The molecule has 13 aromatic carbocycles. The largest absolute Gasteiger partial charge is 0.308 e. The highest BCUT2D eigenvalue weighted by Crippen LogP contribution is 2.44. The quantitative estimate of drug-likeness (QED) is 0.158. The average Bonchev–Trinajstić information content (AvgIpc) is 3.73. The number of pyridine rings is 1. The van der Waals surface area contributed by atoms with Gasteiger partial charge in [0.2, 0.25) is 0 Å². The van der Waals surface area contributed by atoms with Gasteiger partial charge in [-0.15, -0.1) is 0 Å². The summed E-state index contributed by atoms with van der Waals surface area (Å²) in [7, 11) is 0. The highest BCUT2D eigenvalue weighted by Gasteiger charge is 2.21. The molecule has 314 valence electrons. The smallest absolute Gasteiger partial charge is 0.0703 e. The molecule has 0 radical (unpaired) electrons. The normalized spacial score (nSPS) is 12.2. The molecule has 0 spiro atoms. The molecule has 68 heavy (non-hydrogen) atoms. The Hall–Kier alpha value is -8.85. The van der Waals surface area contributed by atoms with Gasteiger partial charge in [-0.2, -0.15) is 0 Å². The van der Waals surface area contributed by atoms with Crippen molar-refractivity contribution < 1.29 is 0 Å². The van der Waals surface area contributed by atoms with Crippen LogP contribution in [0.2, 0.25) is 0 Å². The van der Waals surface area contributed by atoms with Gasteiger partial charge in [-0.1, -0.05) is 152 Å². The molecule has 0 unspecified atom stereocenters. The zero-order valence-electron chi connectivity index (χ0n) is 37.3. The maximum absolute atomic E-state index is 5.00. The molecule has 2 nitrogen and oxygen atoms in total. The van der Waals surface area contributed by atoms with Gasteiger partial charge in [0.25, 0.3) is 0 Å². The summed E-state index contributed by atoms with van der Waals surface area (Å²) < 4.78 is 2.45. The van der Waals surface area contributed by atoms with E-state index in [1.165, 1.54) is 137 Å². The molecule has 15 aromatic rings. The Morgan fingerprint density at radius 2 is 0.721 bits per heavy atom. The van der Waals surface area contributed by atoms with Gasteiger partial charge in [0, 0.05) is 16.2 Å². The van der Waals surface area contributed by atoms with E-state index in [-0.39, 0.29) is 0 Å². The molecule has 0 atom stereocenters. The Bertz CT molecular complexity index is 4530. The van der Waals surface area contributed by atoms with Gasteiger partial charge in [0.15, 0.2) is 0 Å². The van der Waals surface area contributed by atoms with Gasteiger partial charge >= 0.3 is 0 Å². The van der Waals surface area contributed by atoms with Crippen LogP contribution < -0.4 is 5.22 Å². The van der Waals surface area contributed by atoms with Crippen molar-refractivity contribution in [2.75, 3.05) is 0 Å². The lowest BCUT2D eigenvalue weighted by atomic mass is 9.91. The number of fused-ring (bicyclic) bond motifs is 1. The first-order chi connectivity index (χ1) is 33.5. The van der Waals surface area contributed by atoms with E-state index in [1.807, 2.05) is 6.20 Å². The van der Waals surface area contributed by atoms with E-state index >= 15 is 0 Å². The minimum absolute atomic E-state index is 0.989. The molecule has 2 heterocycles. The highest BCUT2D eigenvalue weighted by molar-refractivity contribution is 6.26. The molecule has 0 bridgehead atoms. The summed E-state index contributed by atoms with van der Waals surface area (Å²) >= 11 is 0. The number of hydrogen-bond acceptors (Lipinski definition) is 1. The Labute approximate surface area is 391 Å². The van der Waals surface area contributed by atoms with Crippen molar-refractivity contribution in [2.45, 2.75) is 6.92 Å². The summed E-state index contributed by atoms with van der Waals surface area (Å²) in [4.78, 5) is 5.00. The second kappa shape index (κ2) is 13.8. The lowest BCUT2D eigenvalue weighted by Crippen LogP contribution is -2.01. The third kappa shape index (κ3) is 5.43. The summed E-state index contributed by atoms with van der Waals surface area (Å²) in [5.41, 5.74) is 15.3. The van der Waals surface area contributed by atoms with Crippen molar-refractivity contribution in [3.8, 4) is 50.2 Å². The molecular weight excluding hydrogens is 821 g/mol. The van der Waals surface area contributed by atoms with Crippen molar-refractivity contribution in [3.05, 3.63) is 223 Å². The number of aryl methyl sites for hydroxylation is 1. The standard InChI is InChI=1S/C66H40N2/c1-38-10-12-47-28-53(29-48-13-11-39(2)61(38)63(47)48)40-14-18-42(19-15-40)55-32-51-26-27-52-33-56(36-60-66(52)65(51)59(35-55)68(60)57-34-46-6-3-4-9-58(46)67-37-57)43-20-16-41(17-21-43)54-30-49-24-22-44-7-5-8-45-23-25-50(31-54)64(49)62(44)45/h3-37H,1H2,2H3. The van der Waals surface area contributed by atoms with E-state index in [0.29, 0.717) is 0 Å². The number of benzene rings is 13. The number of aromatic nitrogens is 2. The topological polar surface area (TPSA) is 17.8 Å². The number of para-hydroxylation sites is 1. The van der Waals surface area contributed by atoms with Crippen LogP contribution in [-0.2, 0) is 0 Å². The van der Waals surface area contributed by atoms with Gasteiger partial charge in [0.05, 0.1) is 28.4 Å².